The van der Waals surface area contributed by atoms with Gasteiger partial charge in [-0.3, -0.25) is 9.59 Å². The second-order valence-corrected chi connectivity index (χ2v) is 6.83. The Morgan fingerprint density at radius 3 is 2.52 bits per heavy atom. The van der Waals surface area contributed by atoms with Crippen LogP contribution < -0.4 is 10.6 Å². The molecule has 0 aliphatic carbocycles. The van der Waals surface area contributed by atoms with E-state index in [-0.39, 0.29) is 24.0 Å². The van der Waals surface area contributed by atoms with Crippen LogP contribution in [0, 0.1) is 0 Å². The van der Waals surface area contributed by atoms with E-state index in [4.69, 9.17) is 4.74 Å². The first-order valence-electron chi connectivity index (χ1n) is 9.07. The van der Waals surface area contributed by atoms with Crippen molar-refractivity contribution in [3.05, 3.63) is 65.2 Å². The highest BCUT2D eigenvalue weighted by molar-refractivity contribution is 5.99. The van der Waals surface area contributed by atoms with Crippen LogP contribution in [-0.2, 0) is 4.74 Å². The minimum absolute atomic E-state index is 0.00641. The molecule has 0 bridgehead atoms. The van der Waals surface area contributed by atoms with E-state index in [2.05, 4.69) is 10.6 Å². The van der Waals surface area contributed by atoms with E-state index in [1.165, 1.54) is 0 Å². The Bertz CT molecular complexity index is 818. The lowest BCUT2D eigenvalue weighted by Gasteiger charge is -2.27. The summed E-state index contributed by atoms with van der Waals surface area (Å²) in [6, 6.07) is 15.0. The Morgan fingerprint density at radius 1 is 1.15 bits per heavy atom. The molecule has 1 aliphatic heterocycles. The monoisotopic (exact) mass is 367 g/mol. The molecule has 2 N–H and O–H groups in total. The first-order valence-corrected chi connectivity index (χ1v) is 9.07. The Hall–Kier alpha value is -2.86. The van der Waals surface area contributed by atoms with Crippen LogP contribution in [0.3, 0.4) is 0 Å². The van der Waals surface area contributed by atoms with E-state index in [0.717, 1.165) is 11.3 Å². The number of rotatable bonds is 7. The number of benzene rings is 2. The third-order valence-corrected chi connectivity index (χ3v) is 4.46. The van der Waals surface area contributed by atoms with Gasteiger partial charge in [0.25, 0.3) is 11.8 Å². The van der Waals surface area contributed by atoms with Gasteiger partial charge in [0.2, 0.25) is 0 Å². The van der Waals surface area contributed by atoms with Gasteiger partial charge in [0.1, 0.15) is 6.17 Å². The molecule has 0 spiro atoms. The molecule has 0 saturated carbocycles. The summed E-state index contributed by atoms with van der Waals surface area (Å²) in [5, 5.41) is 6.29. The van der Waals surface area contributed by atoms with Gasteiger partial charge in [-0.25, -0.2) is 0 Å². The Labute approximate surface area is 159 Å². The molecule has 0 radical (unpaired) electrons. The molecule has 2 amide bonds. The van der Waals surface area contributed by atoms with Crippen molar-refractivity contribution < 1.29 is 14.3 Å². The second kappa shape index (κ2) is 8.22. The van der Waals surface area contributed by atoms with Gasteiger partial charge in [0, 0.05) is 42.1 Å². The van der Waals surface area contributed by atoms with Gasteiger partial charge < -0.3 is 20.3 Å². The topological polar surface area (TPSA) is 70.7 Å². The predicted molar refractivity (Wildman–Crippen MR) is 105 cm³/mol. The average molecular weight is 367 g/mol. The molecule has 1 aliphatic rings. The lowest BCUT2D eigenvalue weighted by Crippen LogP contribution is -2.35. The van der Waals surface area contributed by atoms with Gasteiger partial charge in [-0.15, -0.1) is 0 Å². The summed E-state index contributed by atoms with van der Waals surface area (Å²) < 4.78 is 5.16. The van der Waals surface area contributed by atoms with Crippen LogP contribution in [0.4, 0.5) is 5.69 Å². The summed E-state index contributed by atoms with van der Waals surface area (Å²) in [5.74, 6) is -0.104. The quantitative estimate of drug-likeness (QED) is 0.789. The fraction of sp³-hybridized carbons (Fsp3) is 0.333. The zero-order chi connectivity index (χ0) is 19.4. The van der Waals surface area contributed by atoms with Crippen LogP contribution in [0.2, 0.25) is 0 Å². The normalized spacial score (nSPS) is 15.8. The summed E-state index contributed by atoms with van der Waals surface area (Å²) in [6.45, 7) is 4.82. The third-order valence-electron chi connectivity index (χ3n) is 4.46. The fourth-order valence-corrected chi connectivity index (χ4v) is 3.17. The van der Waals surface area contributed by atoms with E-state index in [1.54, 1.807) is 24.1 Å². The number of nitrogens with one attached hydrogen (secondary N) is 2. The smallest absolute Gasteiger partial charge is 0.256 e. The molecule has 0 saturated heterocycles. The summed E-state index contributed by atoms with van der Waals surface area (Å²) in [7, 11) is 1.62. The SMILES string of the molecule is COCCN1C(=O)c2ccccc2C1Nc1ccc(C(=O)NC(C)C)cc1. The van der Waals surface area contributed by atoms with Crippen LogP contribution in [0.1, 0.15) is 46.3 Å². The molecule has 142 valence electrons. The summed E-state index contributed by atoms with van der Waals surface area (Å²) in [5.41, 5.74) is 3.10. The van der Waals surface area contributed by atoms with Crippen molar-refractivity contribution in [2.24, 2.45) is 0 Å². The molecule has 6 heteroatoms. The molecule has 27 heavy (non-hydrogen) atoms. The third kappa shape index (κ3) is 4.11. The molecular formula is C21H25N3O3. The Balaban J connectivity index is 1.80. The lowest BCUT2D eigenvalue weighted by molar-refractivity contribution is 0.0674. The highest BCUT2D eigenvalue weighted by Crippen LogP contribution is 2.34. The molecule has 1 unspecified atom stereocenters. The van der Waals surface area contributed by atoms with Gasteiger partial charge in [-0.2, -0.15) is 0 Å². The van der Waals surface area contributed by atoms with Gasteiger partial charge >= 0.3 is 0 Å². The number of methoxy groups -OCH3 is 1. The van der Waals surface area contributed by atoms with E-state index < -0.39 is 0 Å². The number of ether oxygens (including phenoxy) is 1. The van der Waals surface area contributed by atoms with Crippen LogP contribution in [-0.4, -0.2) is 43.0 Å². The molecule has 0 fully saturated rings. The number of nitrogens with zero attached hydrogens (tertiary/aromatic N) is 1. The number of hydrogen-bond donors (Lipinski definition) is 2. The predicted octanol–water partition coefficient (Wildman–Crippen LogP) is 3.04. The van der Waals surface area contributed by atoms with Crippen molar-refractivity contribution in [1.82, 2.24) is 10.2 Å². The van der Waals surface area contributed by atoms with Crippen molar-refractivity contribution in [3.63, 3.8) is 0 Å². The van der Waals surface area contributed by atoms with E-state index in [1.807, 2.05) is 50.2 Å². The number of hydrogen-bond acceptors (Lipinski definition) is 4. The highest BCUT2D eigenvalue weighted by atomic mass is 16.5. The molecule has 1 heterocycles. The summed E-state index contributed by atoms with van der Waals surface area (Å²) in [4.78, 5) is 26.6. The number of amides is 2. The van der Waals surface area contributed by atoms with Crippen molar-refractivity contribution >= 4 is 17.5 Å². The van der Waals surface area contributed by atoms with E-state index >= 15 is 0 Å². The Kier molecular flexibility index (Phi) is 5.76. The highest BCUT2D eigenvalue weighted by Gasteiger charge is 2.36. The first kappa shape index (κ1) is 18.9. The zero-order valence-corrected chi connectivity index (χ0v) is 15.9. The van der Waals surface area contributed by atoms with Gasteiger partial charge in [0.05, 0.1) is 6.61 Å². The van der Waals surface area contributed by atoms with Crippen LogP contribution in [0.15, 0.2) is 48.5 Å². The number of anilines is 1. The van der Waals surface area contributed by atoms with Crippen LogP contribution >= 0.6 is 0 Å². The van der Waals surface area contributed by atoms with Crippen LogP contribution in [0.25, 0.3) is 0 Å². The van der Waals surface area contributed by atoms with Crippen molar-refractivity contribution in [2.75, 3.05) is 25.6 Å². The molecule has 0 aromatic heterocycles. The Morgan fingerprint density at radius 2 is 1.85 bits per heavy atom. The number of carbonyl (C=O) groups excluding carboxylic acids is 2. The average Bonchev–Trinajstić information content (AvgIpc) is 2.92. The molecule has 6 nitrogen and oxygen atoms in total. The van der Waals surface area contributed by atoms with Crippen molar-refractivity contribution in [3.8, 4) is 0 Å². The zero-order valence-electron chi connectivity index (χ0n) is 15.9. The van der Waals surface area contributed by atoms with E-state index in [0.29, 0.717) is 24.3 Å². The first-order chi connectivity index (χ1) is 13.0. The minimum Gasteiger partial charge on any atom is -0.383 e. The standard InChI is InChI=1S/C21H25N3O3/c1-14(2)22-20(25)15-8-10-16(11-9-15)23-19-17-6-4-5-7-18(17)21(26)24(19)12-13-27-3/h4-11,14,19,23H,12-13H2,1-3H3,(H,22,25). The number of fused-ring (bicyclic) bond motifs is 1. The van der Waals surface area contributed by atoms with Crippen molar-refractivity contribution in [2.45, 2.75) is 26.1 Å². The molecule has 3 rings (SSSR count). The fourth-order valence-electron chi connectivity index (χ4n) is 3.17. The maximum Gasteiger partial charge on any atom is 0.256 e. The lowest BCUT2D eigenvalue weighted by atomic mass is 10.1. The van der Waals surface area contributed by atoms with Gasteiger partial charge in [-0.1, -0.05) is 18.2 Å². The van der Waals surface area contributed by atoms with Crippen molar-refractivity contribution in [1.29, 1.82) is 0 Å². The van der Waals surface area contributed by atoms with Gasteiger partial charge in [-0.05, 0) is 44.2 Å². The van der Waals surface area contributed by atoms with E-state index in [9.17, 15) is 9.59 Å². The van der Waals surface area contributed by atoms with Gasteiger partial charge in [0.15, 0.2) is 0 Å². The maximum absolute atomic E-state index is 12.7. The molecular weight excluding hydrogens is 342 g/mol. The molecule has 2 aromatic carbocycles. The summed E-state index contributed by atoms with van der Waals surface area (Å²) >= 11 is 0. The molecule has 2 aromatic rings. The minimum atomic E-state index is -0.265. The van der Waals surface area contributed by atoms with Crippen LogP contribution in [0.5, 0.6) is 0 Å². The molecule has 1 atom stereocenters. The second-order valence-electron chi connectivity index (χ2n) is 6.83. The maximum atomic E-state index is 12.7. The largest absolute Gasteiger partial charge is 0.383 e. The number of carbonyl (C=O) groups is 2. The summed E-state index contributed by atoms with van der Waals surface area (Å²) in [6.07, 6.45) is -0.265.